The lowest BCUT2D eigenvalue weighted by Gasteiger charge is -2.13. The van der Waals surface area contributed by atoms with Gasteiger partial charge in [-0.2, -0.15) is 10.4 Å². The Bertz CT molecular complexity index is 477. The van der Waals surface area contributed by atoms with Crippen molar-refractivity contribution in [2.24, 2.45) is 5.92 Å². The number of nitriles is 1. The Kier molecular flexibility index (Phi) is 3.78. The third kappa shape index (κ3) is 2.59. The van der Waals surface area contributed by atoms with Crippen molar-refractivity contribution in [1.29, 1.82) is 5.26 Å². The number of anilines is 1. The van der Waals surface area contributed by atoms with E-state index in [4.69, 9.17) is 0 Å². The third-order valence-corrected chi connectivity index (χ3v) is 3.61. The van der Waals surface area contributed by atoms with Crippen LogP contribution in [0.2, 0.25) is 0 Å². The van der Waals surface area contributed by atoms with Crippen molar-refractivity contribution in [2.75, 3.05) is 32.0 Å². The minimum absolute atomic E-state index is 0.619. The molecule has 0 radical (unpaired) electrons. The first-order valence-corrected chi connectivity index (χ1v) is 6.28. The Balaban J connectivity index is 2.06. The van der Waals surface area contributed by atoms with Gasteiger partial charge in [-0.3, -0.25) is 0 Å². The number of aromatic nitrogens is 2. The average molecular weight is 245 g/mol. The summed E-state index contributed by atoms with van der Waals surface area (Å²) in [5.41, 5.74) is 2.35. The molecular formula is C13H19N5. The van der Waals surface area contributed by atoms with Crippen LogP contribution in [0.5, 0.6) is 0 Å². The maximum absolute atomic E-state index is 9.19. The Morgan fingerprint density at radius 2 is 2.22 bits per heavy atom. The maximum atomic E-state index is 9.19. The number of likely N-dealkylation sites (tertiary alicyclic amines) is 1. The summed E-state index contributed by atoms with van der Waals surface area (Å²) in [6.45, 7) is 6.90. The van der Waals surface area contributed by atoms with E-state index >= 15 is 0 Å². The van der Waals surface area contributed by atoms with Gasteiger partial charge in [-0.05, 0) is 45.3 Å². The molecule has 2 rings (SSSR count). The summed E-state index contributed by atoms with van der Waals surface area (Å²) < 4.78 is 0. The second-order valence-corrected chi connectivity index (χ2v) is 5.04. The summed E-state index contributed by atoms with van der Waals surface area (Å²) in [6, 6.07) is 2.21. The molecule has 0 bridgehead atoms. The van der Waals surface area contributed by atoms with Crippen LogP contribution < -0.4 is 5.32 Å². The zero-order valence-corrected chi connectivity index (χ0v) is 11.2. The summed E-state index contributed by atoms with van der Waals surface area (Å²) in [7, 11) is 2.14. The number of aryl methyl sites for hydroxylation is 1. The molecule has 1 unspecified atom stereocenters. The van der Waals surface area contributed by atoms with Gasteiger partial charge in [0.1, 0.15) is 11.6 Å². The summed E-state index contributed by atoms with van der Waals surface area (Å²) in [5.74, 6) is 1.25. The van der Waals surface area contributed by atoms with E-state index in [0.29, 0.717) is 17.3 Å². The molecule has 5 nitrogen and oxygen atoms in total. The zero-order valence-electron chi connectivity index (χ0n) is 11.2. The normalized spacial score (nSPS) is 19.8. The first-order chi connectivity index (χ1) is 8.61. The van der Waals surface area contributed by atoms with E-state index in [9.17, 15) is 5.26 Å². The highest BCUT2D eigenvalue weighted by molar-refractivity contribution is 5.55. The van der Waals surface area contributed by atoms with Crippen LogP contribution in [0.15, 0.2) is 0 Å². The van der Waals surface area contributed by atoms with Crippen molar-refractivity contribution in [3.05, 3.63) is 16.8 Å². The lowest BCUT2D eigenvalue weighted by molar-refractivity contribution is 0.399. The lowest BCUT2D eigenvalue weighted by Crippen LogP contribution is -2.20. The van der Waals surface area contributed by atoms with E-state index in [1.54, 1.807) is 0 Å². The summed E-state index contributed by atoms with van der Waals surface area (Å²) in [4.78, 5) is 2.32. The molecule has 1 aromatic heterocycles. The van der Waals surface area contributed by atoms with Crippen LogP contribution in [-0.2, 0) is 0 Å². The van der Waals surface area contributed by atoms with E-state index in [-0.39, 0.29) is 0 Å². The number of nitrogens with zero attached hydrogens (tertiary/aromatic N) is 4. The van der Waals surface area contributed by atoms with Crippen molar-refractivity contribution in [3.63, 3.8) is 0 Å². The van der Waals surface area contributed by atoms with Crippen molar-refractivity contribution in [2.45, 2.75) is 20.3 Å². The standard InChI is InChI=1S/C13H19N5/c1-9-10(2)16-17-13(12(9)6-14)15-7-11-4-5-18(3)8-11/h11H,4-5,7-8H2,1-3H3,(H,15,17). The van der Waals surface area contributed by atoms with Gasteiger partial charge >= 0.3 is 0 Å². The van der Waals surface area contributed by atoms with Crippen LogP contribution >= 0.6 is 0 Å². The topological polar surface area (TPSA) is 64.8 Å². The monoisotopic (exact) mass is 245 g/mol. The van der Waals surface area contributed by atoms with Crippen LogP contribution in [0.4, 0.5) is 5.82 Å². The van der Waals surface area contributed by atoms with Crippen molar-refractivity contribution in [1.82, 2.24) is 15.1 Å². The van der Waals surface area contributed by atoms with Crippen LogP contribution in [0.1, 0.15) is 23.2 Å². The third-order valence-electron chi connectivity index (χ3n) is 3.61. The summed E-state index contributed by atoms with van der Waals surface area (Å²) in [6.07, 6.45) is 1.20. The Morgan fingerprint density at radius 1 is 1.44 bits per heavy atom. The minimum atomic E-state index is 0.619. The van der Waals surface area contributed by atoms with Gasteiger partial charge in [0.2, 0.25) is 0 Å². The van der Waals surface area contributed by atoms with Crippen molar-refractivity contribution >= 4 is 5.82 Å². The van der Waals surface area contributed by atoms with Crippen LogP contribution in [-0.4, -0.2) is 41.8 Å². The highest BCUT2D eigenvalue weighted by atomic mass is 15.2. The molecule has 0 aliphatic carbocycles. The van der Waals surface area contributed by atoms with E-state index in [1.807, 2.05) is 13.8 Å². The van der Waals surface area contributed by atoms with Gasteiger partial charge in [0, 0.05) is 13.1 Å². The maximum Gasteiger partial charge on any atom is 0.166 e. The highest BCUT2D eigenvalue weighted by Crippen LogP contribution is 2.19. The fourth-order valence-corrected chi connectivity index (χ4v) is 2.30. The molecule has 2 heterocycles. The molecule has 5 heteroatoms. The molecule has 0 aromatic carbocycles. The molecule has 0 saturated carbocycles. The van der Waals surface area contributed by atoms with E-state index in [2.05, 4.69) is 33.5 Å². The Hall–Kier alpha value is -1.67. The smallest absolute Gasteiger partial charge is 0.166 e. The van der Waals surface area contributed by atoms with E-state index < -0.39 is 0 Å². The molecule has 0 amide bonds. The van der Waals surface area contributed by atoms with Gasteiger partial charge in [0.05, 0.1) is 5.69 Å². The molecule has 1 atom stereocenters. The molecule has 1 saturated heterocycles. The molecule has 1 N–H and O–H groups in total. The fourth-order valence-electron chi connectivity index (χ4n) is 2.30. The van der Waals surface area contributed by atoms with Crippen molar-refractivity contribution < 1.29 is 0 Å². The Morgan fingerprint density at radius 3 is 2.83 bits per heavy atom. The number of hydrogen-bond donors (Lipinski definition) is 1. The quantitative estimate of drug-likeness (QED) is 0.870. The molecule has 0 spiro atoms. The fraction of sp³-hybridized carbons (Fsp3) is 0.615. The molecular weight excluding hydrogens is 226 g/mol. The van der Waals surface area contributed by atoms with Crippen molar-refractivity contribution in [3.8, 4) is 6.07 Å². The first-order valence-electron chi connectivity index (χ1n) is 6.28. The molecule has 1 fully saturated rings. The van der Waals surface area contributed by atoms with Gasteiger partial charge in [0.25, 0.3) is 0 Å². The lowest BCUT2D eigenvalue weighted by atomic mass is 10.1. The van der Waals surface area contributed by atoms with E-state index in [0.717, 1.165) is 30.9 Å². The predicted molar refractivity (Wildman–Crippen MR) is 70.3 cm³/mol. The molecule has 1 aromatic rings. The average Bonchev–Trinajstić information content (AvgIpc) is 2.77. The van der Waals surface area contributed by atoms with Crippen LogP contribution in [0, 0.1) is 31.1 Å². The van der Waals surface area contributed by atoms with Crippen LogP contribution in [0.3, 0.4) is 0 Å². The molecule has 18 heavy (non-hydrogen) atoms. The Labute approximate surface area is 108 Å². The summed E-state index contributed by atoms with van der Waals surface area (Å²) in [5, 5.41) is 20.6. The number of hydrogen-bond acceptors (Lipinski definition) is 5. The first kappa shape index (κ1) is 12.8. The SMILES string of the molecule is Cc1nnc(NCC2CCN(C)C2)c(C#N)c1C. The van der Waals surface area contributed by atoms with Gasteiger partial charge in [-0.15, -0.1) is 5.10 Å². The van der Waals surface area contributed by atoms with Gasteiger partial charge in [-0.1, -0.05) is 0 Å². The van der Waals surface area contributed by atoms with Crippen LogP contribution in [0.25, 0.3) is 0 Å². The molecule has 1 aliphatic rings. The van der Waals surface area contributed by atoms with E-state index in [1.165, 1.54) is 6.42 Å². The summed E-state index contributed by atoms with van der Waals surface area (Å²) >= 11 is 0. The number of rotatable bonds is 3. The minimum Gasteiger partial charge on any atom is -0.367 e. The second kappa shape index (κ2) is 5.32. The number of nitrogens with one attached hydrogen (secondary N) is 1. The highest BCUT2D eigenvalue weighted by Gasteiger charge is 2.20. The largest absolute Gasteiger partial charge is 0.367 e. The second-order valence-electron chi connectivity index (χ2n) is 5.04. The molecule has 1 aliphatic heterocycles. The predicted octanol–water partition coefficient (Wildman–Crippen LogP) is 1.33. The van der Waals surface area contributed by atoms with Gasteiger partial charge in [0.15, 0.2) is 5.82 Å². The zero-order chi connectivity index (χ0) is 13.1. The van der Waals surface area contributed by atoms with Gasteiger partial charge in [-0.25, -0.2) is 0 Å². The molecule has 96 valence electrons. The van der Waals surface area contributed by atoms with Gasteiger partial charge < -0.3 is 10.2 Å².